The third-order valence-electron chi connectivity index (χ3n) is 2.30. The summed E-state index contributed by atoms with van der Waals surface area (Å²) in [7, 11) is -3.29. The zero-order valence-corrected chi connectivity index (χ0v) is 12.1. The van der Waals surface area contributed by atoms with Crippen molar-refractivity contribution in [3.8, 4) is 0 Å². The van der Waals surface area contributed by atoms with Crippen molar-refractivity contribution in [3.05, 3.63) is 0 Å². The van der Waals surface area contributed by atoms with Crippen molar-refractivity contribution < 1.29 is 8.42 Å². The Bertz CT molecular complexity index is 262. The Morgan fingerprint density at radius 3 is 1.94 bits per heavy atom. The fraction of sp³-hybridized carbons (Fsp3) is 1.00. The highest BCUT2D eigenvalue weighted by atomic mass is 32.2. The molecule has 0 bridgehead atoms. The highest BCUT2D eigenvalue weighted by Gasteiger charge is 2.18. The maximum atomic E-state index is 11.9. The molecule has 0 unspecified atom stereocenters. The lowest BCUT2D eigenvalue weighted by Crippen LogP contribution is -2.43. The van der Waals surface area contributed by atoms with Gasteiger partial charge in [0.2, 0.25) is 0 Å². The van der Waals surface area contributed by atoms with E-state index in [4.69, 9.17) is 0 Å². The number of hydrogen-bond acceptors (Lipinski definition) is 3. The van der Waals surface area contributed by atoms with Crippen LogP contribution in [0.1, 0.15) is 40.0 Å². The molecule has 5 nitrogen and oxygen atoms in total. The lowest BCUT2D eigenvalue weighted by atomic mass is 10.4. The summed E-state index contributed by atoms with van der Waals surface area (Å²) in [6.45, 7) is 9.29. The van der Waals surface area contributed by atoms with E-state index in [1.54, 1.807) is 0 Å². The van der Waals surface area contributed by atoms with Crippen molar-refractivity contribution in [3.63, 3.8) is 0 Å². The first-order valence-electron chi connectivity index (χ1n) is 6.53. The van der Waals surface area contributed by atoms with Gasteiger partial charge in [-0.2, -0.15) is 12.7 Å². The quantitative estimate of drug-likeness (QED) is 0.547. The molecule has 0 saturated carbocycles. The van der Waals surface area contributed by atoms with Crippen LogP contribution in [0.25, 0.3) is 0 Å². The van der Waals surface area contributed by atoms with E-state index in [2.05, 4.69) is 17.0 Å². The van der Waals surface area contributed by atoms with Gasteiger partial charge in [-0.25, -0.2) is 4.72 Å². The van der Waals surface area contributed by atoms with Crippen molar-refractivity contribution >= 4 is 10.2 Å². The average Bonchev–Trinajstić information content (AvgIpc) is 2.28. The fourth-order valence-corrected chi connectivity index (χ4v) is 2.90. The van der Waals surface area contributed by atoms with E-state index in [1.807, 2.05) is 13.8 Å². The first-order chi connectivity index (χ1) is 8.08. The Morgan fingerprint density at radius 1 is 0.882 bits per heavy atom. The van der Waals surface area contributed by atoms with Gasteiger partial charge in [-0.1, -0.05) is 20.8 Å². The Labute approximate surface area is 106 Å². The summed E-state index contributed by atoms with van der Waals surface area (Å²) >= 11 is 0. The first kappa shape index (κ1) is 16.8. The van der Waals surface area contributed by atoms with E-state index >= 15 is 0 Å². The van der Waals surface area contributed by atoms with Crippen molar-refractivity contribution in [1.29, 1.82) is 0 Å². The lowest BCUT2D eigenvalue weighted by molar-refractivity contribution is 0.401. The van der Waals surface area contributed by atoms with E-state index in [9.17, 15) is 8.42 Å². The monoisotopic (exact) mass is 265 g/mol. The maximum Gasteiger partial charge on any atom is 0.279 e. The standard InChI is InChI=1S/C11H27N3O2S/c1-4-7-12-8-9-13-17(15,16)14(10-5-2)11-6-3/h12-13H,4-11H2,1-3H3. The molecule has 0 aliphatic heterocycles. The van der Waals surface area contributed by atoms with Gasteiger partial charge in [0.1, 0.15) is 0 Å². The fourth-order valence-electron chi connectivity index (χ4n) is 1.51. The van der Waals surface area contributed by atoms with Crippen LogP contribution in [0.15, 0.2) is 0 Å². The molecular weight excluding hydrogens is 238 g/mol. The van der Waals surface area contributed by atoms with Gasteiger partial charge in [0.05, 0.1) is 0 Å². The minimum Gasteiger partial charge on any atom is -0.315 e. The van der Waals surface area contributed by atoms with Crippen LogP contribution < -0.4 is 10.0 Å². The molecule has 0 aromatic heterocycles. The molecule has 0 saturated heterocycles. The molecule has 0 rings (SSSR count). The van der Waals surface area contributed by atoms with Gasteiger partial charge >= 0.3 is 0 Å². The molecule has 104 valence electrons. The summed E-state index contributed by atoms with van der Waals surface area (Å²) in [5.41, 5.74) is 0. The summed E-state index contributed by atoms with van der Waals surface area (Å²) in [4.78, 5) is 0. The first-order valence-corrected chi connectivity index (χ1v) is 7.97. The number of hydrogen-bond donors (Lipinski definition) is 2. The van der Waals surface area contributed by atoms with Crippen LogP contribution in [-0.2, 0) is 10.2 Å². The largest absolute Gasteiger partial charge is 0.315 e. The normalized spacial score (nSPS) is 12.2. The molecule has 0 spiro atoms. The third kappa shape index (κ3) is 7.70. The smallest absolute Gasteiger partial charge is 0.279 e. The van der Waals surface area contributed by atoms with Crippen LogP contribution in [0, 0.1) is 0 Å². The van der Waals surface area contributed by atoms with Gasteiger partial charge in [-0.3, -0.25) is 0 Å². The average molecular weight is 265 g/mol. The Kier molecular flexibility index (Phi) is 9.72. The van der Waals surface area contributed by atoms with Crippen LogP contribution >= 0.6 is 0 Å². The molecule has 0 aromatic rings. The Balaban J connectivity index is 4.04. The van der Waals surface area contributed by atoms with Gasteiger partial charge in [0.15, 0.2) is 0 Å². The predicted octanol–water partition coefficient (Wildman–Crippen LogP) is 0.942. The molecule has 2 N–H and O–H groups in total. The van der Waals surface area contributed by atoms with E-state index in [0.29, 0.717) is 26.2 Å². The summed E-state index contributed by atoms with van der Waals surface area (Å²) in [6.07, 6.45) is 2.74. The molecule has 0 radical (unpaired) electrons. The molecule has 0 aliphatic rings. The predicted molar refractivity (Wildman–Crippen MR) is 72.2 cm³/mol. The molecule has 6 heteroatoms. The zero-order valence-electron chi connectivity index (χ0n) is 11.3. The molecule has 0 heterocycles. The van der Waals surface area contributed by atoms with Crippen LogP contribution in [0.4, 0.5) is 0 Å². The highest BCUT2D eigenvalue weighted by Crippen LogP contribution is 2.00. The zero-order chi connectivity index (χ0) is 13.1. The minimum atomic E-state index is -3.29. The highest BCUT2D eigenvalue weighted by molar-refractivity contribution is 7.87. The van der Waals surface area contributed by atoms with Crippen LogP contribution in [0.3, 0.4) is 0 Å². The van der Waals surface area contributed by atoms with E-state index in [1.165, 1.54) is 4.31 Å². The SMILES string of the molecule is CCCNCCNS(=O)(=O)N(CCC)CCC. The molecule has 0 amide bonds. The molecule has 0 fully saturated rings. The molecular formula is C11H27N3O2S. The maximum absolute atomic E-state index is 11.9. The molecule has 0 aromatic carbocycles. The second-order valence-electron chi connectivity index (χ2n) is 4.05. The summed E-state index contributed by atoms with van der Waals surface area (Å²) < 4.78 is 28.0. The second-order valence-corrected chi connectivity index (χ2v) is 5.80. The van der Waals surface area contributed by atoms with Gasteiger partial charge in [0.25, 0.3) is 10.2 Å². The minimum absolute atomic E-state index is 0.451. The van der Waals surface area contributed by atoms with E-state index in [-0.39, 0.29) is 0 Å². The van der Waals surface area contributed by atoms with Crippen LogP contribution in [0.5, 0.6) is 0 Å². The van der Waals surface area contributed by atoms with E-state index < -0.39 is 10.2 Å². The number of rotatable bonds is 11. The topological polar surface area (TPSA) is 61.4 Å². The number of nitrogens with one attached hydrogen (secondary N) is 2. The molecule has 0 atom stereocenters. The van der Waals surface area contributed by atoms with Gasteiger partial charge in [-0.15, -0.1) is 0 Å². The van der Waals surface area contributed by atoms with Crippen LogP contribution in [-0.4, -0.2) is 45.4 Å². The lowest BCUT2D eigenvalue weighted by Gasteiger charge is -2.21. The Morgan fingerprint density at radius 2 is 1.47 bits per heavy atom. The van der Waals surface area contributed by atoms with Crippen molar-refractivity contribution in [1.82, 2.24) is 14.3 Å². The Hall–Kier alpha value is -0.170. The van der Waals surface area contributed by atoms with Crippen molar-refractivity contribution in [2.75, 3.05) is 32.7 Å². The van der Waals surface area contributed by atoms with E-state index in [0.717, 1.165) is 25.8 Å². The third-order valence-corrected chi connectivity index (χ3v) is 3.91. The summed E-state index contributed by atoms with van der Waals surface area (Å²) in [5.74, 6) is 0. The summed E-state index contributed by atoms with van der Waals surface area (Å²) in [5, 5.41) is 3.17. The van der Waals surface area contributed by atoms with Crippen molar-refractivity contribution in [2.24, 2.45) is 0 Å². The van der Waals surface area contributed by atoms with Crippen LogP contribution in [0.2, 0.25) is 0 Å². The van der Waals surface area contributed by atoms with Crippen molar-refractivity contribution in [2.45, 2.75) is 40.0 Å². The molecule has 0 aliphatic carbocycles. The summed E-state index contributed by atoms with van der Waals surface area (Å²) in [6, 6.07) is 0. The van der Waals surface area contributed by atoms with Gasteiger partial charge in [0, 0.05) is 26.2 Å². The number of nitrogens with zero attached hydrogens (tertiary/aromatic N) is 1. The second kappa shape index (κ2) is 9.82. The molecule has 17 heavy (non-hydrogen) atoms. The van der Waals surface area contributed by atoms with Gasteiger partial charge in [-0.05, 0) is 25.8 Å². The van der Waals surface area contributed by atoms with Gasteiger partial charge < -0.3 is 5.32 Å².